The maximum absolute atomic E-state index is 6.00. The standard InChI is InChI=1S/C17H24N4OS/c1-2-21-8-15-14(12-22-11-13-3-4-13)7-20(9-16(15)19-21)10-17-18-5-6-23-17/h5-6,8,13-14H,2-4,7,9-12H2,1H3. The molecule has 1 aliphatic carbocycles. The molecule has 6 heteroatoms. The van der Waals surface area contributed by atoms with Gasteiger partial charge < -0.3 is 4.74 Å². The molecule has 23 heavy (non-hydrogen) atoms. The van der Waals surface area contributed by atoms with Gasteiger partial charge in [-0.05, 0) is 25.7 Å². The van der Waals surface area contributed by atoms with Gasteiger partial charge in [-0.25, -0.2) is 4.98 Å². The van der Waals surface area contributed by atoms with Crippen molar-refractivity contribution in [1.29, 1.82) is 0 Å². The van der Waals surface area contributed by atoms with Crippen molar-refractivity contribution in [3.05, 3.63) is 34.0 Å². The fraction of sp³-hybridized carbons (Fsp3) is 0.647. The highest BCUT2D eigenvalue weighted by Crippen LogP contribution is 2.32. The molecule has 1 aliphatic heterocycles. The number of hydrogen-bond acceptors (Lipinski definition) is 5. The van der Waals surface area contributed by atoms with Gasteiger partial charge in [-0.1, -0.05) is 0 Å². The van der Waals surface area contributed by atoms with Gasteiger partial charge in [0.25, 0.3) is 0 Å². The molecule has 0 aromatic carbocycles. The second kappa shape index (κ2) is 6.71. The Labute approximate surface area is 141 Å². The lowest BCUT2D eigenvalue weighted by molar-refractivity contribution is 0.0890. The highest BCUT2D eigenvalue weighted by atomic mass is 32.1. The van der Waals surface area contributed by atoms with Crippen molar-refractivity contribution in [2.45, 2.75) is 45.3 Å². The highest BCUT2D eigenvalue weighted by Gasteiger charge is 2.29. The summed E-state index contributed by atoms with van der Waals surface area (Å²) in [7, 11) is 0. The predicted molar refractivity (Wildman–Crippen MR) is 90.4 cm³/mol. The topological polar surface area (TPSA) is 43.2 Å². The summed E-state index contributed by atoms with van der Waals surface area (Å²) in [6, 6.07) is 0. The lowest BCUT2D eigenvalue weighted by Gasteiger charge is -2.31. The van der Waals surface area contributed by atoms with E-state index in [0.29, 0.717) is 5.92 Å². The maximum atomic E-state index is 6.00. The van der Waals surface area contributed by atoms with Crippen molar-refractivity contribution in [3.8, 4) is 0 Å². The van der Waals surface area contributed by atoms with Crippen molar-refractivity contribution in [3.63, 3.8) is 0 Å². The molecular formula is C17H24N4OS. The Morgan fingerprint density at radius 1 is 1.35 bits per heavy atom. The monoisotopic (exact) mass is 332 g/mol. The summed E-state index contributed by atoms with van der Waals surface area (Å²) in [6.07, 6.45) is 6.80. The molecule has 2 aromatic heterocycles. The summed E-state index contributed by atoms with van der Waals surface area (Å²) in [5.74, 6) is 1.25. The van der Waals surface area contributed by atoms with E-state index in [1.807, 2.05) is 11.6 Å². The van der Waals surface area contributed by atoms with E-state index in [1.54, 1.807) is 11.3 Å². The van der Waals surface area contributed by atoms with E-state index in [9.17, 15) is 0 Å². The molecule has 124 valence electrons. The van der Waals surface area contributed by atoms with Gasteiger partial charge >= 0.3 is 0 Å². The van der Waals surface area contributed by atoms with Gasteiger partial charge in [0.15, 0.2) is 0 Å². The van der Waals surface area contributed by atoms with Crippen LogP contribution in [0.25, 0.3) is 0 Å². The van der Waals surface area contributed by atoms with Crippen LogP contribution in [0.4, 0.5) is 0 Å². The average Bonchev–Trinajstić information content (AvgIpc) is 3.06. The Morgan fingerprint density at radius 2 is 2.26 bits per heavy atom. The maximum Gasteiger partial charge on any atom is 0.107 e. The SMILES string of the molecule is CCn1cc2c(n1)CN(Cc1nccs1)CC2COCC1CC1. The van der Waals surface area contributed by atoms with Crippen LogP contribution in [0.15, 0.2) is 17.8 Å². The molecule has 3 heterocycles. The second-order valence-electron chi connectivity index (χ2n) is 6.66. The second-order valence-corrected chi connectivity index (χ2v) is 7.64. The normalized spacial score (nSPS) is 21.5. The Hall–Kier alpha value is -1.24. The molecule has 2 aromatic rings. The molecule has 0 bridgehead atoms. The van der Waals surface area contributed by atoms with E-state index >= 15 is 0 Å². The largest absolute Gasteiger partial charge is 0.380 e. The third-order valence-corrected chi connectivity index (χ3v) is 5.46. The lowest BCUT2D eigenvalue weighted by Crippen LogP contribution is -2.34. The van der Waals surface area contributed by atoms with Crippen LogP contribution < -0.4 is 0 Å². The zero-order valence-electron chi connectivity index (χ0n) is 13.6. The van der Waals surface area contributed by atoms with E-state index < -0.39 is 0 Å². The Bertz CT molecular complexity index is 635. The summed E-state index contributed by atoms with van der Waals surface area (Å²) in [5.41, 5.74) is 2.60. The number of nitrogens with zero attached hydrogens (tertiary/aromatic N) is 4. The van der Waals surface area contributed by atoms with E-state index in [4.69, 9.17) is 9.84 Å². The molecule has 0 spiro atoms. The summed E-state index contributed by atoms with van der Waals surface area (Å²) in [5, 5.41) is 7.99. The van der Waals surface area contributed by atoms with Gasteiger partial charge in [0, 0.05) is 55.5 Å². The molecule has 5 nitrogen and oxygen atoms in total. The fourth-order valence-electron chi connectivity index (χ4n) is 3.24. The van der Waals surface area contributed by atoms with Crippen molar-refractivity contribution < 1.29 is 4.74 Å². The van der Waals surface area contributed by atoms with Gasteiger partial charge in [0.05, 0.1) is 18.8 Å². The highest BCUT2D eigenvalue weighted by molar-refractivity contribution is 7.09. The van der Waals surface area contributed by atoms with Crippen LogP contribution in [0.5, 0.6) is 0 Å². The van der Waals surface area contributed by atoms with E-state index in [0.717, 1.165) is 45.3 Å². The van der Waals surface area contributed by atoms with Crippen LogP contribution in [-0.2, 0) is 24.4 Å². The van der Waals surface area contributed by atoms with Gasteiger partial charge in [-0.15, -0.1) is 11.3 Å². The number of rotatable bonds is 7. The Kier molecular flexibility index (Phi) is 4.46. The first kappa shape index (κ1) is 15.3. The Balaban J connectivity index is 1.46. The Morgan fingerprint density at radius 3 is 3.00 bits per heavy atom. The minimum absolute atomic E-state index is 0.428. The molecule has 4 rings (SSSR count). The first-order valence-corrected chi connectivity index (χ1v) is 9.44. The molecule has 2 aliphatic rings. The quantitative estimate of drug-likeness (QED) is 0.782. The first-order valence-electron chi connectivity index (χ1n) is 8.56. The van der Waals surface area contributed by atoms with Crippen molar-refractivity contribution in [2.24, 2.45) is 5.92 Å². The average molecular weight is 332 g/mol. The molecular weight excluding hydrogens is 308 g/mol. The van der Waals surface area contributed by atoms with Crippen LogP contribution in [0.3, 0.4) is 0 Å². The first-order chi connectivity index (χ1) is 11.3. The van der Waals surface area contributed by atoms with Crippen LogP contribution in [-0.4, -0.2) is 39.4 Å². The van der Waals surface area contributed by atoms with Crippen molar-refractivity contribution >= 4 is 11.3 Å². The minimum atomic E-state index is 0.428. The van der Waals surface area contributed by atoms with Gasteiger partial charge in [0.2, 0.25) is 0 Å². The fourth-order valence-corrected chi connectivity index (χ4v) is 3.89. The number of aryl methyl sites for hydroxylation is 1. The molecule has 0 saturated heterocycles. The number of thiazole rings is 1. The number of fused-ring (bicyclic) bond motifs is 1. The summed E-state index contributed by atoms with van der Waals surface area (Å²) in [6.45, 7) is 7.68. The van der Waals surface area contributed by atoms with Crippen molar-refractivity contribution in [1.82, 2.24) is 19.7 Å². The molecule has 1 atom stereocenters. The minimum Gasteiger partial charge on any atom is -0.380 e. The number of aromatic nitrogens is 3. The van der Waals surface area contributed by atoms with Gasteiger partial charge in [-0.3, -0.25) is 9.58 Å². The molecule has 0 amide bonds. The van der Waals surface area contributed by atoms with Crippen LogP contribution in [0.2, 0.25) is 0 Å². The van der Waals surface area contributed by atoms with Crippen LogP contribution >= 0.6 is 11.3 Å². The number of ether oxygens (including phenoxy) is 1. The smallest absolute Gasteiger partial charge is 0.107 e. The summed E-state index contributed by atoms with van der Waals surface area (Å²) < 4.78 is 8.06. The van der Waals surface area contributed by atoms with Crippen molar-refractivity contribution in [2.75, 3.05) is 19.8 Å². The summed E-state index contributed by atoms with van der Waals surface area (Å²) in [4.78, 5) is 6.88. The summed E-state index contributed by atoms with van der Waals surface area (Å²) >= 11 is 1.73. The molecule has 1 unspecified atom stereocenters. The molecule has 1 fully saturated rings. The third-order valence-electron chi connectivity index (χ3n) is 4.70. The van der Waals surface area contributed by atoms with Crippen LogP contribution in [0.1, 0.15) is 41.9 Å². The zero-order chi connectivity index (χ0) is 15.6. The van der Waals surface area contributed by atoms with E-state index in [1.165, 1.54) is 29.1 Å². The van der Waals surface area contributed by atoms with E-state index in [2.05, 4.69) is 27.7 Å². The molecule has 1 saturated carbocycles. The number of hydrogen-bond donors (Lipinski definition) is 0. The molecule has 0 N–H and O–H groups in total. The predicted octanol–water partition coefficient (Wildman–Crippen LogP) is 2.89. The lowest BCUT2D eigenvalue weighted by atomic mass is 9.96. The van der Waals surface area contributed by atoms with Gasteiger partial charge in [0.1, 0.15) is 5.01 Å². The van der Waals surface area contributed by atoms with Gasteiger partial charge in [-0.2, -0.15) is 5.10 Å². The third kappa shape index (κ3) is 3.65. The molecule has 0 radical (unpaired) electrons. The van der Waals surface area contributed by atoms with E-state index in [-0.39, 0.29) is 0 Å². The van der Waals surface area contributed by atoms with Crippen LogP contribution in [0, 0.1) is 5.92 Å². The zero-order valence-corrected chi connectivity index (χ0v) is 14.5.